The SMILES string of the molecule is Cl.O=C(NCc1cccc2ccccc12)C1CCc2nc[nH]c2C1.[HH].[HH]. The van der Waals surface area contributed by atoms with Crippen LogP contribution in [0.1, 0.15) is 26.2 Å². The first kappa shape index (κ1) is 16.5. The van der Waals surface area contributed by atoms with E-state index in [1.165, 1.54) is 10.8 Å². The lowest BCUT2D eigenvalue weighted by Crippen LogP contribution is -2.33. The Balaban J connectivity index is 0.00000113. The van der Waals surface area contributed by atoms with E-state index >= 15 is 0 Å². The van der Waals surface area contributed by atoms with Crippen LogP contribution in [0.5, 0.6) is 0 Å². The molecule has 1 unspecified atom stereocenters. The monoisotopic (exact) mass is 345 g/mol. The number of benzene rings is 2. The summed E-state index contributed by atoms with van der Waals surface area (Å²) in [6.07, 6.45) is 4.24. The summed E-state index contributed by atoms with van der Waals surface area (Å²) in [4.78, 5) is 19.9. The van der Waals surface area contributed by atoms with Crippen LogP contribution < -0.4 is 5.32 Å². The second kappa shape index (κ2) is 7.05. The van der Waals surface area contributed by atoms with Crippen molar-refractivity contribution in [1.82, 2.24) is 15.3 Å². The van der Waals surface area contributed by atoms with Gasteiger partial charge in [-0.25, -0.2) is 4.98 Å². The van der Waals surface area contributed by atoms with Gasteiger partial charge in [-0.2, -0.15) is 0 Å². The molecule has 1 amide bonds. The molecule has 0 saturated heterocycles. The number of rotatable bonds is 3. The Morgan fingerprint density at radius 3 is 3.00 bits per heavy atom. The number of fused-ring (bicyclic) bond motifs is 2. The highest BCUT2D eigenvalue weighted by Gasteiger charge is 2.25. The van der Waals surface area contributed by atoms with Crippen molar-refractivity contribution in [3.8, 4) is 0 Å². The Morgan fingerprint density at radius 1 is 1.25 bits per heavy atom. The standard InChI is InChI=1S/C19H19N3O.ClH.2H2/c23-19(14-8-9-17-18(10-14)22-12-21-17)20-11-15-6-3-5-13-4-1-2-7-16(13)15;;;/h1-7,12,14H,8-11H2,(H,20,23)(H,21,22);3*1H. The predicted octanol–water partition coefficient (Wildman–Crippen LogP) is 3.90. The number of H-pyrrole nitrogens is 1. The van der Waals surface area contributed by atoms with Gasteiger partial charge in [-0.15, -0.1) is 12.4 Å². The quantitative estimate of drug-likeness (QED) is 0.756. The zero-order chi connectivity index (χ0) is 15.6. The number of carbonyl (C=O) groups excluding carboxylic acids is 1. The lowest BCUT2D eigenvalue weighted by molar-refractivity contribution is -0.125. The number of aromatic nitrogens is 2. The average molecular weight is 346 g/mol. The molecule has 4 nitrogen and oxygen atoms in total. The van der Waals surface area contributed by atoms with Gasteiger partial charge in [0.1, 0.15) is 0 Å². The van der Waals surface area contributed by atoms with Gasteiger partial charge in [0, 0.05) is 27.4 Å². The number of hydrogen-bond acceptors (Lipinski definition) is 2. The minimum absolute atomic E-state index is 0. The molecular weight excluding hydrogens is 322 g/mol. The summed E-state index contributed by atoms with van der Waals surface area (Å²) in [6.45, 7) is 0.576. The summed E-state index contributed by atoms with van der Waals surface area (Å²) >= 11 is 0. The number of aryl methyl sites for hydroxylation is 1. The van der Waals surface area contributed by atoms with Crippen LogP contribution in [0.4, 0.5) is 0 Å². The average Bonchev–Trinajstić information content (AvgIpc) is 3.07. The second-order valence-corrected chi connectivity index (χ2v) is 6.12. The van der Waals surface area contributed by atoms with Crippen LogP contribution in [0.3, 0.4) is 0 Å². The molecule has 1 atom stereocenters. The summed E-state index contributed by atoms with van der Waals surface area (Å²) in [5, 5.41) is 5.52. The van der Waals surface area contributed by atoms with E-state index < -0.39 is 0 Å². The molecule has 0 saturated carbocycles. The predicted molar refractivity (Wildman–Crippen MR) is 101 cm³/mol. The second-order valence-electron chi connectivity index (χ2n) is 6.12. The molecule has 2 N–H and O–H groups in total. The molecule has 24 heavy (non-hydrogen) atoms. The van der Waals surface area contributed by atoms with E-state index in [2.05, 4.69) is 39.6 Å². The third-order valence-electron chi connectivity index (χ3n) is 4.69. The van der Waals surface area contributed by atoms with E-state index in [4.69, 9.17) is 0 Å². The molecule has 2 aromatic carbocycles. The highest BCUT2D eigenvalue weighted by Crippen LogP contribution is 2.23. The largest absolute Gasteiger partial charge is 0.352 e. The van der Waals surface area contributed by atoms with Crippen molar-refractivity contribution in [1.29, 1.82) is 0 Å². The molecule has 0 spiro atoms. The molecule has 4 rings (SSSR count). The fraction of sp³-hybridized carbons (Fsp3) is 0.263. The number of amides is 1. The van der Waals surface area contributed by atoms with Crippen LogP contribution in [0.15, 0.2) is 48.8 Å². The van der Waals surface area contributed by atoms with Crippen molar-refractivity contribution in [2.24, 2.45) is 5.92 Å². The van der Waals surface area contributed by atoms with Gasteiger partial charge in [0.25, 0.3) is 0 Å². The molecular formula is C19H24ClN3O. The van der Waals surface area contributed by atoms with Crippen molar-refractivity contribution in [2.45, 2.75) is 25.8 Å². The Labute approximate surface area is 150 Å². The number of nitrogens with one attached hydrogen (secondary N) is 2. The van der Waals surface area contributed by atoms with Crippen LogP contribution in [-0.2, 0) is 24.2 Å². The number of carbonyl (C=O) groups is 1. The van der Waals surface area contributed by atoms with Crippen molar-refractivity contribution >= 4 is 29.1 Å². The highest BCUT2D eigenvalue weighted by molar-refractivity contribution is 5.86. The van der Waals surface area contributed by atoms with Crippen molar-refractivity contribution in [3.05, 3.63) is 65.7 Å². The van der Waals surface area contributed by atoms with Crippen molar-refractivity contribution in [2.75, 3.05) is 0 Å². The van der Waals surface area contributed by atoms with E-state index in [1.54, 1.807) is 6.33 Å². The minimum Gasteiger partial charge on any atom is -0.352 e. The van der Waals surface area contributed by atoms with E-state index in [0.717, 1.165) is 36.2 Å². The number of halogens is 1. The van der Waals surface area contributed by atoms with Gasteiger partial charge in [-0.05, 0) is 29.2 Å². The van der Waals surface area contributed by atoms with Crippen molar-refractivity contribution in [3.63, 3.8) is 0 Å². The Bertz CT molecular complexity index is 863. The number of nitrogens with zero attached hydrogens (tertiary/aromatic N) is 1. The van der Waals surface area contributed by atoms with Gasteiger partial charge in [0.05, 0.1) is 12.0 Å². The third-order valence-corrected chi connectivity index (χ3v) is 4.69. The molecule has 1 aliphatic carbocycles. The van der Waals surface area contributed by atoms with Crippen molar-refractivity contribution < 1.29 is 7.65 Å². The van der Waals surface area contributed by atoms with Gasteiger partial charge in [-0.3, -0.25) is 4.79 Å². The van der Waals surface area contributed by atoms with Gasteiger partial charge >= 0.3 is 0 Å². The van der Waals surface area contributed by atoms with E-state index in [-0.39, 0.29) is 27.1 Å². The maximum atomic E-state index is 12.5. The van der Waals surface area contributed by atoms with Gasteiger partial charge in [-0.1, -0.05) is 42.5 Å². The van der Waals surface area contributed by atoms with Gasteiger partial charge in [0.15, 0.2) is 0 Å². The normalized spacial score (nSPS) is 16.2. The minimum atomic E-state index is 0. The summed E-state index contributed by atoms with van der Waals surface area (Å²) in [6, 6.07) is 14.5. The van der Waals surface area contributed by atoms with Crippen LogP contribution in [0.25, 0.3) is 10.8 Å². The fourth-order valence-corrected chi connectivity index (χ4v) is 3.40. The molecule has 128 valence electrons. The smallest absolute Gasteiger partial charge is 0.223 e. The molecule has 0 fully saturated rings. The van der Waals surface area contributed by atoms with Crippen LogP contribution in [0, 0.1) is 5.92 Å². The molecule has 5 heteroatoms. The summed E-state index contributed by atoms with van der Waals surface area (Å²) in [5.74, 6) is 0.177. The number of imidazole rings is 1. The fourth-order valence-electron chi connectivity index (χ4n) is 3.40. The van der Waals surface area contributed by atoms with Gasteiger partial charge in [0.2, 0.25) is 5.91 Å². The first-order valence-electron chi connectivity index (χ1n) is 8.07. The first-order valence-corrected chi connectivity index (χ1v) is 8.07. The van der Waals surface area contributed by atoms with Crippen LogP contribution >= 0.6 is 12.4 Å². The molecule has 1 aromatic heterocycles. The van der Waals surface area contributed by atoms with Gasteiger partial charge < -0.3 is 10.3 Å². The third kappa shape index (κ3) is 3.15. The molecule has 0 bridgehead atoms. The van der Waals surface area contributed by atoms with E-state index in [0.29, 0.717) is 6.54 Å². The Kier molecular flexibility index (Phi) is 4.86. The Morgan fingerprint density at radius 2 is 2.08 bits per heavy atom. The molecule has 3 aromatic rings. The lowest BCUT2D eigenvalue weighted by Gasteiger charge is -2.20. The highest BCUT2D eigenvalue weighted by atomic mass is 35.5. The maximum absolute atomic E-state index is 12.5. The van der Waals surface area contributed by atoms with E-state index in [1.807, 2.05) is 18.2 Å². The summed E-state index contributed by atoms with van der Waals surface area (Å²) < 4.78 is 0. The van der Waals surface area contributed by atoms with Crippen LogP contribution in [-0.4, -0.2) is 15.9 Å². The zero-order valence-corrected chi connectivity index (χ0v) is 14.1. The molecule has 1 heterocycles. The van der Waals surface area contributed by atoms with E-state index in [9.17, 15) is 4.79 Å². The zero-order valence-electron chi connectivity index (χ0n) is 13.3. The van der Waals surface area contributed by atoms with Crippen LogP contribution in [0.2, 0.25) is 0 Å². The lowest BCUT2D eigenvalue weighted by atomic mass is 9.89. The molecule has 1 aliphatic rings. The summed E-state index contributed by atoms with van der Waals surface area (Å²) in [5.41, 5.74) is 3.39. The molecule has 0 radical (unpaired) electrons. The number of hydrogen-bond donors (Lipinski definition) is 2. The summed E-state index contributed by atoms with van der Waals surface area (Å²) in [7, 11) is 0. The Hall–Kier alpha value is -2.33. The maximum Gasteiger partial charge on any atom is 0.223 e. The molecule has 0 aliphatic heterocycles. The number of aromatic amines is 1. The first-order chi connectivity index (χ1) is 11.3. The topological polar surface area (TPSA) is 57.8 Å².